The highest BCUT2D eigenvalue weighted by Gasteiger charge is 2.21. The molecule has 1 aliphatic rings. The Morgan fingerprint density at radius 3 is 3.14 bits per heavy atom. The third-order valence-electron chi connectivity index (χ3n) is 1.75. The zero-order valence-corrected chi connectivity index (χ0v) is 11.3. The summed E-state index contributed by atoms with van der Waals surface area (Å²) >= 11 is 0.0838. The maximum absolute atomic E-state index is 10.7. The fourth-order valence-corrected chi connectivity index (χ4v) is 1.45. The van der Waals surface area contributed by atoms with Crippen molar-refractivity contribution in [2.45, 2.75) is 32.2 Å². The second-order valence-corrected chi connectivity index (χ2v) is 4.21. The molecule has 21 heavy (non-hydrogen) atoms. The molecule has 2 N–H and O–H groups in total. The maximum Gasteiger partial charge on any atom is 0.270 e. The van der Waals surface area contributed by atoms with Crippen LogP contribution in [0.15, 0.2) is 0 Å². The Hall–Kier alpha value is -0.960. The molecule has 0 aromatic carbocycles. The predicted molar refractivity (Wildman–Crippen MR) is 82.2 cm³/mol. The normalized spacial score (nSPS) is 44.9. The molecule has 0 spiro atoms. The molecule has 8 heteroatoms. The molecule has 1 fully saturated rings. The van der Waals surface area contributed by atoms with Gasteiger partial charge < -0.3 is 24.8 Å². The van der Waals surface area contributed by atoms with Crippen LogP contribution in [-0.2, 0) is 4.74 Å². The summed E-state index contributed by atoms with van der Waals surface area (Å²) < 4.78 is 165. The highest BCUT2D eigenvalue weighted by atomic mass is 32.1. The van der Waals surface area contributed by atoms with Gasteiger partial charge in [-0.15, -0.1) is 4.37 Å². The smallest absolute Gasteiger partial charge is 0.270 e. The zero-order valence-electron chi connectivity index (χ0n) is 29.5. The van der Waals surface area contributed by atoms with Gasteiger partial charge in [0.1, 0.15) is 12.6 Å². The number of anilines is 1. The van der Waals surface area contributed by atoms with Crippen molar-refractivity contribution in [3.8, 4) is 5.88 Å². The molecular weight excluding hydrogens is 292 g/mol. The van der Waals surface area contributed by atoms with Crippen molar-refractivity contribution in [1.82, 2.24) is 14.1 Å². The van der Waals surface area contributed by atoms with Crippen LogP contribution in [0.1, 0.15) is 46.7 Å². The van der Waals surface area contributed by atoms with Crippen molar-refractivity contribution < 1.29 is 40.6 Å². The maximum atomic E-state index is 10.7. The van der Waals surface area contributed by atoms with Gasteiger partial charge in [-0.05, 0) is 20.6 Å². The van der Waals surface area contributed by atoms with Gasteiger partial charge in [0.2, 0.25) is 5.82 Å². The van der Waals surface area contributed by atoms with E-state index in [0.29, 0.717) is 6.92 Å². The average Bonchev–Trinajstić information content (AvgIpc) is 3.10. The second-order valence-electron chi connectivity index (χ2n) is 3.69. The predicted octanol–water partition coefficient (Wildman–Crippen LogP) is 0.502. The molecule has 0 aliphatic carbocycles. The molecule has 120 valence electrons. The lowest BCUT2D eigenvalue weighted by molar-refractivity contribution is 0.0975. The highest BCUT2D eigenvalue weighted by Crippen LogP contribution is 2.26. The minimum atomic E-state index is -4.23. The van der Waals surface area contributed by atoms with Gasteiger partial charge in [0.15, 0.2) is 0 Å². The summed E-state index contributed by atoms with van der Waals surface area (Å²) in [5.74, 6) is -2.45. The van der Waals surface area contributed by atoms with E-state index in [9.17, 15) is 5.11 Å². The van der Waals surface area contributed by atoms with Crippen LogP contribution in [0.2, 0.25) is 0 Å². The van der Waals surface area contributed by atoms with E-state index in [-0.39, 0.29) is 16.6 Å². The molecule has 1 aliphatic heterocycles. The van der Waals surface area contributed by atoms with E-state index in [0.717, 1.165) is 0 Å². The number of nitrogens with one attached hydrogen (secondary N) is 1. The Balaban J connectivity index is 2.60. The summed E-state index contributed by atoms with van der Waals surface area (Å²) in [5, 5.41) is 12.1. The summed E-state index contributed by atoms with van der Waals surface area (Å²) in [4.78, 5) is -0.241. The number of nitrogens with zero attached hydrogens (tertiary/aromatic N) is 3. The molecule has 1 atom stereocenters. The van der Waals surface area contributed by atoms with E-state index in [1.807, 2.05) is 0 Å². The first-order valence-electron chi connectivity index (χ1n) is 14.8. The fraction of sp³-hybridized carbons (Fsp3) is 0.846. The molecule has 0 saturated carbocycles. The van der Waals surface area contributed by atoms with E-state index in [1.165, 1.54) is 5.32 Å². The Kier molecular flexibility index (Phi) is 1.59. The molecule has 2 rings (SSSR count). The molecule has 1 aromatic rings. The number of aromatic nitrogens is 2. The lowest BCUT2D eigenvalue weighted by atomic mass is 10.1. The van der Waals surface area contributed by atoms with Gasteiger partial charge in [0.05, 0.1) is 39.9 Å². The Morgan fingerprint density at radius 2 is 2.43 bits per heavy atom. The van der Waals surface area contributed by atoms with Gasteiger partial charge in [0.25, 0.3) is 5.88 Å². The monoisotopic (exact) mass is 335 g/mol. The summed E-state index contributed by atoms with van der Waals surface area (Å²) in [6.07, 6.45) is -4.23. The molecule has 0 radical (unpaired) electrons. The van der Waals surface area contributed by atoms with E-state index < -0.39 is 76.2 Å². The molecule has 2 heterocycles. The van der Waals surface area contributed by atoms with Gasteiger partial charge in [-0.2, -0.15) is 4.37 Å². The molecule has 1 saturated heterocycles. The van der Waals surface area contributed by atoms with E-state index in [1.54, 1.807) is 0 Å². The minimum Gasteiger partial charge on any atom is -0.472 e. The van der Waals surface area contributed by atoms with Crippen molar-refractivity contribution in [2.75, 3.05) is 44.1 Å². The van der Waals surface area contributed by atoms with Crippen molar-refractivity contribution in [3.63, 3.8) is 0 Å². The van der Waals surface area contributed by atoms with Gasteiger partial charge in [0, 0.05) is 36.0 Å². The van der Waals surface area contributed by atoms with Crippen molar-refractivity contribution >= 4 is 17.5 Å². The second kappa shape index (κ2) is 7.35. The van der Waals surface area contributed by atoms with Crippen LogP contribution in [-0.4, -0.2) is 64.6 Å². The van der Waals surface area contributed by atoms with Crippen LogP contribution in [0.25, 0.3) is 0 Å². The largest absolute Gasteiger partial charge is 0.472 e. The molecule has 0 amide bonds. The van der Waals surface area contributed by atoms with Crippen LogP contribution in [0.4, 0.5) is 5.82 Å². The number of hydrogen-bond donors (Lipinski definition) is 2. The number of rotatable bonds is 6. The number of morpholine rings is 1. The van der Waals surface area contributed by atoms with Gasteiger partial charge in [-0.1, -0.05) is 0 Å². The fourth-order valence-electron chi connectivity index (χ4n) is 0.979. The van der Waals surface area contributed by atoms with E-state index in [4.69, 9.17) is 30.8 Å². The Morgan fingerprint density at radius 1 is 1.67 bits per heavy atom. The third-order valence-corrected chi connectivity index (χ3v) is 2.25. The van der Waals surface area contributed by atoms with Gasteiger partial charge in [-0.25, -0.2) is 0 Å². The molecule has 7 nitrogen and oxygen atoms in total. The highest BCUT2D eigenvalue weighted by molar-refractivity contribution is 6.99. The lowest BCUT2D eigenvalue weighted by Gasteiger charge is -2.27. The first-order valence-corrected chi connectivity index (χ1v) is 6.00. The quantitative estimate of drug-likeness (QED) is 0.784. The van der Waals surface area contributed by atoms with Crippen molar-refractivity contribution in [1.29, 1.82) is 0 Å². The van der Waals surface area contributed by atoms with Gasteiger partial charge in [-0.3, -0.25) is 0 Å². The van der Waals surface area contributed by atoms with Crippen LogP contribution in [0.5, 0.6) is 5.88 Å². The molecule has 0 unspecified atom stereocenters. The number of hydrogen-bond acceptors (Lipinski definition) is 8. The standard InChI is InChI=1S/C13H24N4O3S/c1-13(2,3)14-8-10(18)9-20-12-11(15-21-16-12)17-4-6-19-7-5-17/h10,14,18H,4-9H2,1-3H3/t10-/m0/s1/i1D3,2D3,4D2,5D2,6D2,7D2,8D2,9D2,10D. The Labute approximate surface area is 156 Å². The number of ether oxygens (including phenoxy) is 2. The number of β-amino-alcohol motifs (C(OH)–C–C–N with tert-alkyl or cyclic N) is 1. The summed E-state index contributed by atoms with van der Waals surface area (Å²) in [5.41, 5.74) is -3.15. The summed E-state index contributed by atoms with van der Waals surface area (Å²) in [6, 6.07) is 0. The van der Waals surface area contributed by atoms with E-state index >= 15 is 0 Å². The topological polar surface area (TPSA) is 79.7 Å². The summed E-state index contributed by atoms with van der Waals surface area (Å²) in [6.45, 7) is -28.7. The van der Waals surface area contributed by atoms with Crippen LogP contribution in [0, 0.1) is 0 Å². The van der Waals surface area contributed by atoms with Crippen LogP contribution >= 0.6 is 11.7 Å². The summed E-state index contributed by atoms with van der Waals surface area (Å²) in [7, 11) is 0. The average molecular weight is 336 g/mol. The molecule has 1 aromatic heterocycles. The Bertz CT molecular complexity index is 1060. The zero-order chi connectivity index (χ0) is 32.0. The number of aliphatic hydroxyl groups is 1. The van der Waals surface area contributed by atoms with E-state index in [2.05, 4.69) is 13.5 Å². The van der Waals surface area contributed by atoms with Crippen LogP contribution in [0.3, 0.4) is 0 Å². The van der Waals surface area contributed by atoms with Gasteiger partial charge >= 0.3 is 0 Å². The van der Waals surface area contributed by atoms with Crippen LogP contribution < -0.4 is 15.0 Å². The first-order chi connectivity index (χ1) is 17.2. The van der Waals surface area contributed by atoms with Crippen molar-refractivity contribution in [2.24, 2.45) is 0 Å². The third kappa shape index (κ3) is 5.39. The lowest BCUT2D eigenvalue weighted by Crippen LogP contribution is -2.42. The SMILES string of the molecule is [2H]C([2H])([2H])C(C)(NC([2H])([2H])[C@]([2H])(O)C([2H])([2H])Oc1nsnc1N1C([2H])([2H])C([2H])([2H])OC([2H])([2H])C1([2H])[2H])C([2H])([2H])[2H]. The molecule has 0 bridgehead atoms. The first kappa shape index (κ1) is 4.53. The minimum absolute atomic E-state index is 0.0838. The molecular formula is C13H24N4O3S. The van der Waals surface area contributed by atoms with Crippen molar-refractivity contribution in [3.05, 3.63) is 0 Å².